The maximum absolute atomic E-state index is 13.8. The van der Waals surface area contributed by atoms with Crippen molar-refractivity contribution in [2.75, 3.05) is 13.6 Å². The molecule has 0 aliphatic heterocycles. The second-order valence-electron chi connectivity index (χ2n) is 5.16. The van der Waals surface area contributed by atoms with E-state index in [2.05, 4.69) is 5.32 Å². The molecule has 0 bridgehead atoms. The lowest BCUT2D eigenvalue weighted by Crippen LogP contribution is -2.23. The fraction of sp³-hybridized carbons (Fsp3) is 0.294. The Morgan fingerprint density at radius 1 is 1.05 bits per heavy atom. The summed E-state index contributed by atoms with van der Waals surface area (Å²) in [7, 11) is 1.86. The monoisotopic (exact) mass is 309 g/mol. The first-order valence-corrected chi connectivity index (χ1v) is 7.30. The molecule has 0 fully saturated rings. The van der Waals surface area contributed by atoms with Gasteiger partial charge in [0.2, 0.25) is 0 Å². The Bertz CT molecular complexity index is 601. The van der Waals surface area contributed by atoms with Gasteiger partial charge in [0.15, 0.2) is 0 Å². The van der Waals surface area contributed by atoms with Crippen LogP contribution in [-0.2, 0) is 12.8 Å². The van der Waals surface area contributed by atoms with Crippen molar-refractivity contribution in [3.05, 3.63) is 70.2 Å². The van der Waals surface area contributed by atoms with Gasteiger partial charge in [0.1, 0.15) is 11.6 Å². The van der Waals surface area contributed by atoms with E-state index in [1.54, 1.807) is 0 Å². The summed E-state index contributed by atoms with van der Waals surface area (Å²) in [6, 6.07) is 11.4. The van der Waals surface area contributed by atoms with Gasteiger partial charge in [0.05, 0.1) is 0 Å². The van der Waals surface area contributed by atoms with Gasteiger partial charge < -0.3 is 5.32 Å². The average molecular weight is 310 g/mol. The van der Waals surface area contributed by atoms with Crippen LogP contribution in [0.5, 0.6) is 0 Å². The van der Waals surface area contributed by atoms with Gasteiger partial charge in [-0.15, -0.1) is 0 Å². The van der Waals surface area contributed by atoms with Crippen LogP contribution >= 0.6 is 11.6 Å². The fourth-order valence-corrected chi connectivity index (χ4v) is 2.69. The molecule has 1 N–H and O–H groups in total. The van der Waals surface area contributed by atoms with Crippen molar-refractivity contribution in [2.24, 2.45) is 5.92 Å². The molecule has 1 nitrogen and oxygen atoms in total. The first-order valence-electron chi connectivity index (χ1n) is 6.92. The highest BCUT2D eigenvalue weighted by molar-refractivity contribution is 6.31. The van der Waals surface area contributed by atoms with Crippen LogP contribution in [0.1, 0.15) is 11.1 Å². The topological polar surface area (TPSA) is 12.0 Å². The lowest BCUT2D eigenvalue weighted by Gasteiger charge is -2.18. The van der Waals surface area contributed by atoms with Gasteiger partial charge in [0, 0.05) is 11.1 Å². The van der Waals surface area contributed by atoms with E-state index in [-0.39, 0.29) is 5.92 Å². The molecule has 1 unspecified atom stereocenters. The lowest BCUT2D eigenvalue weighted by atomic mass is 9.92. The third kappa shape index (κ3) is 4.51. The first kappa shape index (κ1) is 15.9. The van der Waals surface area contributed by atoms with Crippen molar-refractivity contribution < 1.29 is 8.78 Å². The van der Waals surface area contributed by atoms with Crippen LogP contribution in [0.15, 0.2) is 42.5 Å². The number of hydrogen-bond donors (Lipinski definition) is 1. The van der Waals surface area contributed by atoms with Gasteiger partial charge in [-0.05, 0) is 55.6 Å². The third-order valence-electron chi connectivity index (χ3n) is 3.48. The van der Waals surface area contributed by atoms with Crippen LogP contribution in [0.25, 0.3) is 0 Å². The predicted molar refractivity (Wildman–Crippen MR) is 82.6 cm³/mol. The Kier molecular flexibility index (Phi) is 5.71. The van der Waals surface area contributed by atoms with E-state index in [1.165, 1.54) is 12.1 Å². The zero-order chi connectivity index (χ0) is 15.2. The van der Waals surface area contributed by atoms with Crippen LogP contribution in [-0.4, -0.2) is 13.6 Å². The average Bonchev–Trinajstić information content (AvgIpc) is 2.44. The molecular formula is C17H18ClF2N. The summed E-state index contributed by atoms with van der Waals surface area (Å²) in [4.78, 5) is 0. The summed E-state index contributed by atoms with van der Waals surface area (Å²) in [5.41, 5.74) is 1.57. The number of halogens is 3. The highest BCUT2D eigenvalue weighted by atomic mass is 35.5. The van der Waals surface area contributed by atoms with Crippen molar-refractivity contribution in [1.29, 1.82) is 0 Å². The van der Waals surface area contributed by atoms with E-state index in [1.807, 2.05) is 31.3 Å². The molecule has 0 spiro atoms. The fourth-order valence-electron chi connectivity index (χ4n) is 2.48. The lowest BCUT2D eigenvalue weighted by molar-refractivity contribution is 0.477. The summed E-state index contributed by atoms with van der Waals surface area (Å²) in [6.45, 7) is 0.738. The van der Waals surface area contributed by atoms with Crippen LogP contribution in [0, 0.1) is 17.6 Å². The summed E-state index contributed by atoms with van der Waals surface area (Å²) in [5, 5.41) is 3.84. The Morgan fingerprint density at radius 3 is 2.43 bits per heavy atom. The van der Waals surface area contributed by atoms with Crippen molar-refractivity contribution in [3.63, 3.8) is 0 Å². The van der Waals surface area contributed by atoms with Crippen molar-refractivity contribution in [2.45, 2.75) is 12.8 Å². The molecule has 0 radical (unpaired) electrons. The third-order valence-corrected chi connectivity index (χ3v) is 3.85. The number of hydrogen-bond acceptors (Lipinski definition) is 1. The Labute approximate surface area is 128 Å². The van der Waals surface area contributed by atoms with E-state index >= 15 is 0 Å². The summed E-state index contributed by atoms with van der Waals surface area (Å²) in [6.07, 6.45) is 1.29. The summed E-state index contributed by atoms with van der Waals surface area (Å²) >= 11 is 6.18. The SMILES string of the molecule is CNCC(Cc1ccc(F)cc1F)Cc1ccccc1Cl. The molecule has 0 aliphatic rings. The number of rotatable bonds is 6. The molecular weight excluding hydrogens is 292 g/mol. The van der Waals surface area contributed by atoms with Crippen molar-refractivity contribution in [3.8, 4) is 0 Å². The van der Waals surface area contributed by atoms with Gasteiger partial charge in [-0.25, -0.2) is 8.78 Å². The molecule has 0 aliphatic carbocycles. The number of benzene rings is 2. The van der Waals surface area contributed by atoms with Crippen LogP contribution in [0.4, 0.5) is 8.78 Å². The van der Waals surface area contributed by atoms with Gasteiger partial charge in [-0.3, -0.25) is 0 Å². The Morgan fingerprint density at radius 2 is 1.76 bits per heavy atom. The van der Waals surface area contributed by atoms with Gasteiger partial charge in [-0.2, -0.15) is 0 Å². The first-order chi connectivity index (χ1) is 10.1. The molecule has 0 aromatic heterocycles. The molecule has 0 heterocycles. The second-order valence-corrected chi connectivity index (χ2v) is 5.57. The van der Waals surface area contributed by atoms with Gasteiger partial charge >= 0.3 is 0 Å². The van der Waals surface area contributed by atoms with Gasteiger partial charge in [-0.1, -0.05) is 35.9 Å². The van der Waals surface area contributed by atoms with Crippen LogP contribution in [0.2, 0.25) is 5.02 Å². The van der Waals surface area contributed by atoms with Crippen molar-refractivity contribution >= 4 is 11.6 Å². The zero-order valence-electron chi connectivity index (χ0n) is 11.9. The highest BCUT2D eigenvalue weighted by Gasteiger charge is 2.14. The predicted octanol–water partition coefficient (Wildman–Crippen LogP) is 4.24. The maximum Gasteiger partial charge on any atom is 0.129 e. The summed E-state index contributed by atoms with van der Waals surface area (Å²) in [5.74, 6) is -0.849. The Balaban J connectivity index is 2.14. The molecule has 2 aromatic carbocycles. The largest absolute Gasteiger partial charge is 0.319 e. The molecule has 112 valence electrons. The maximum atomic E-state index is 13.8. The van der Waals surface area contributed by atoms with Gasteiger partial charge in [0.25, 0.3) is 0 Å². The molecule has 0 amide bonds. The second kappa shape index (κ2) is 7.53. The molecule has 0 saturated carbocycles. The van der Waals surface area contributed by atoms with E-state index in [9.17, 15) is 8.78 Å². The highest BCUT2D eigenvalue weighted by Crippen LogP contribution is 2.22. The smallest absolute Gasteiger partial charge is 0.129 e. The molecule has 0 saturated heterocycles. The number of nitrogens with one attached hydrogen (secondary N) is 1. The van der Waals surface area contributed by atoms with E-state index in [4.69, 9.17) is 11.6 Å². The molecule has 21 heavy (non-hydrogen) atoms. The molecule has 1 atom stereocenters. The quantitative estimate of drug-likeness (QED) is 0.841. The van der Waals surface area contributed by atoms with Crippen LogP contribution in [0.3, 0.4) is 0 Å². The van der Waals surface area contributed by atoms with Crippen LogP contribution < -0.4 is 5.32 Å². The van der Waals surface area contributed by atoms with E-state index in [0.29, 0.717) is 12.0 Å². The van der Waals surface area contributed by atoms with E-state index < -0.39 is 11.6 Å². The van der Waals surface area contributed by atoms with Crippen molar-refractivity contribution in [1.82, 2.24) is 5.32 Å². The minimum absolute atomic E-state index is 0.190. The minimum atomic E-state index is -0.549. The van der Waals surface area contributed by atoms with E-state index in [0.717, 1.165) is 29.6 Å². The Hall–Kier alpha value is -1.45. The minimum Gasteiger partial charge on any atom is -0.319 e. The summed E-state index contributed by atoms with van der Waals surface area (Å²) < 4.78 is 26.7. The molecule has 4 heteroatoms. The standard InChI is InChI=1S/C17H18ClF2N/c1-21-11-12(8-13-4-2-3-5-16(13)18)9-14-6-7-15(19)10-17(14)20/h2-7,10,12,21H,8-9,11H2,1H3. The molecule has 2 rings (SSSR count). The molecule has 2 aromatic rings. The normalized spacial score (nSPS) is 12.4. The zero-order valence-corrected chi connectivity index (χ0v) is 12.6.